The van der Waals surface area contributed by atoms with E-state index in [1.807, 2.05) is 30.3 Å². The van der Waals surface area contributed by atoms with Crippen LogP contribution in [0.1, 0.15) is 0 Å². The molecule has 110 valence electrons. The Morgan fingerprint density at radius 3 is 2.32 bits per heavy atom. The number of halogens is 2. The molecule has 3 aromatic rings. The minimum absolute atomic E-state index is 0.246. The number of aromatic amines is 1. The van der Waals surface area contributed by atoms with Crippen molar-refractivity contribution in [2.75, 3.05) is 5.32 Å². The van der Waals surface area contributed by atoms with Gasteiger partial charge in [0.25, 0.3) is 5.56 Å². The summed E-state index contributed by atoms with van der Waals surface area (Å²) in [5.41, 5.74) is 1.84. The van der Waals surface area contributed by atoms with E-state index in [0.29, 0.717) is 27.4 Å². The quantitative estimate of drug-likeness (QED) is 0.743. The average molecular weight is 332 g/mol. The topological polar surface area (TPSA) is 57.8 Å². The third kappa shape index (κ3) is 3.47. The number of rotatable bonds is 3. The number of hydrogen-bond acceptors (Lipinski definition) is 3. The molecule has 0 bridgehead atoms. The first-order valence-corrected chi connectivity index (χ1v) is 7.26. The molecule has 0 saturated carbocycles. The molecule has 6 heteroatoms. The molecule has 3 rings (SSSR count). The van der Waals surface area contributed by atoms with Gasteiger partial charge in [-0.2, -0.15) is 0 Å². The summed E-state index contributed by atoms with van der Waals surface area (Å²) in [6.07, 6.45) is 0. The monoisotopic (exact) mass is 331 g/mol. The van der Waals surface area contributed by atoms with Gasteiger partial charge in [0.05, 0.1) is 5.69 Å². The lowest BCUT2D eigenvalue weighted by Crippen LogP contribution is -2.10. The molecule has 0 amide bonds. The zero-order valence-electron chi connectivity index (χ0n) is 11.3. The zero-order chi connectivity index (χ0) is 15.5. The maximum Gasteiger partial charge on any atom is 0.252 e. The second-order valence-corrected chi connectivity index (χ2v) is 5.50. The van der Waals surface area contributed by atoms with E-state index >= 15 is 0 Å². The molecule has 0 radical (unpaired) electrons. The van der Waals surface area contributed by atoms with E-state index in [2.05, 4.69) is 15.3 Å². The number of benzene rings is 2. The molecule has 0 atom stereocenters. The highest BCUT2D eigenvalue weighted by molar-refractivity contribution is 6.35. The first-order chi connectivity index (χ1) is 10.6. The Hall–Kier alpha value is -2.30. The molecule has 1 aromatic heterocycles. The Kier molecular flexibility index (Phi) is 4.13. The van der Waals surface area contributed by atoms with E-state index < -0.39 is 0 Å². The fourth-order valence-electron chi connectivity index (χ4n) is 2.04. The number of anilines is 2. The number of nitrogens with one attached hydrogen (secondary N) is 2. The van der Waals surface area contributed by atoms with Gasteiger partial charge in [-0.05, 0) is 18.2 Å². The van der Waals surface area contributed by atoms with Gasteiger partial charge in [0.2, 0.25) is 5.95 Å². The van der Waals surface area contributed by atoms with Crippen molar-refractivity contribution >= 4 is 34.8 Å². The van der Waals surface area contributed by atoms with Crippen LogP contribution in [0.2, 0.25) is 10.0 Å². The van der Waals surface area contributed by atoms with Crippen LogP contribution in [0.4, 0.5) is 11.6 Å². The van der Waals surface area contributed by atoms with Crippen molar-refractivity contribution < 1.29 is 0 Å². The molecule has 2 N–H and O–H groups in total. The predicted octanol–water partition coefficient (Wildman–Crippen LogP) is 4.49. The molecular weight excluding hydrogens is 321 g/mol. The summed E-state index contributed by atoms with van der Waals surface area (Å²) >= 11 is 11.9. The van der Waals surface area contributed by atoms with Crippen LogP contribution in [-0.2, 0) is 0 Å². The first-order valence-electron chi connectivity index (χ1n) is 6.50. The van der Waals surface area contributed by atoms with Gasteiger partial charge in [-0.1, -0.05) is 53.5 Å². The molecule has 0 aliphatic carbocycles. The Bertz CT molecular complexity index is 843. The van der Waals surface area contributed by atoms with E-state index in [9.17, 15) is 4.79 Å². The van der Waals surface area contributed by atoms with Crippen LogP contribution in [-0.4, -0.2) is 9.97 Å². The molecule has 0 aliphatic heterocycles. The summed E-state index contributed by atoms with van der Waals surface area (Å²) in [5, 5.41) is 3.99. The summed E-state index contributed by atoms with van der Waals surface area (Å²) in [4.78, 5) is 18.9. The maximum absolute atomic E-state index is 11.8. The lowest BCUT2D eigenvalue weighted by Gasteiger charge is -2.08. The average Bonchev–Trinajstić information content (AvgIpc) is 2.46. The lowest BCUT2D eigenvalue weighted by atomic mass is 10.1. The molecular formula is C16H11Cl2N3O. The summed E-state index contributed by atoms with van der Waals surface area (Å²) in [6.45, 7) is 0. The van der Waals surface area contributed by atoms with Crippen LogP contribution in [0.15, 0.2) is 59.4 Å². The third-order valence-corrected chi connectivity index (χ3v) is 3.37. The van der Waals surface area contributed by atoms with Gasteiger partial charge in [0, 0.05) is 27.4 Å². The number of hydrogen-bond donors (Lipinski definition) is 2. The first kappa shape index (κ1) is 14.6. The van der Waals surface area contributed by atoms with E-state index in [1.54, 1.807) is 18.2 Å². The second-order valence-electron chi connectivity index (χ2n) is 4.63. The highest BCUT2D eigenvalue weighted by Gasteiger charge is 2.05. The van der Waals surface area contributed by atoms with Gasteiger partial charge in [-0.15, -0.1) is 0 Å². The maximum atomic E-state index is 11.8. The van der Waals surface area contributed by atoms with Gasteiger partial charge < -0.3 is 5.32 Å². The van der Waals surface area contributed by atoms with Crippen LogP contribution in [0.25, 0.3) is 11.3 Å². The van der Waals surface area contributed by atoms with E-state index in [-0.39, 0.29) is 5.56 Å². The zero-order valence-corrected chi connectivity index (χ0v) is 12.8. The molecule has 0 saturated heterocycles. The second kappa shape index (κ2) is 6.22. The molecule has 0 fully saturated rings. The minimum Gasteiger partial charge on any atom is -0.326 e. The van der Waals surface area contributed by atoms with Crippen LogP contribution >= 0.6 is 23.2 Å². The summed E-state index contributed by atoms with van der Waals surface area (Å²) in [6, 6.07) is 15.9. The van der Waals surface area contributed by atoms with Gasteiger partial charge >= 0.3 is 0 Å². The van der Waals surface area contributed by atoms with Crippen molar-refractivity contribution in [3.8, 4) is 11.3 Å². The Morgan fingerprint density at radius 2 is 1.64 bits per heavy atom. The van der Waals surface area contributed by atoms with E-state index in [4.69, 9.17) is 23.2 Å². The Labute approximate surface area is 136 Å². The lowest BCUT2D eigenvalue weighted by molar-refractivity contribution is 1.13. The fraction of sp³-hybridized carbons (Fsp3) is 0. The van der Waals surface area contributed by atoms with Gasteiger partial charge in [0.1, 0.15) is 0 Å². The third-order valence-electron chi connectivity index (χ3n) is 2.94. The molecule has 2 aromatic carbocycles. The number of H-pyrrole nitrogens is 1. The van der Waals surface area contributed by atoms with Crippen LogP contribution in [0.5, 0.6) is 0 Å². The predicted molar refractivity (Wildman–Crippen MR) is 90.0 cm³/mol. The van der Waals surface area contributed by atoms with Gasteiger partial charge in [-0.25, -0.2) is 4.98 Å². The van der Waals surface area contributed by atoms with Crippen LogP contribution < -0.4 is 10.9 Å². The van der Waals surface area contributed by atoms with Crippen molar-refractivity contribution in [1.82, 2.24) is 9.97 Å². The SMILES string of the molecule is O=c1cc(-c2ccccc2)nc(Nc2cc(Cl)cc(Cl)c2)[nH]1. The standard InChI is InChI=1S/C16H11Cl2N3O/c17-11-6-12(18)8-13(7-11)19-16-20-14(9-15(22)21-16)10-4-2-1-3-5-10/h1-9H,(H2,19,20,21,22). The minimum atomic E-state index is -0.246. The van der Waals surface area contributed by atoms with Crippen LogP contribution in [0.3, 0.4) is 0 Å². The Morgan fingerprint density at radius 1 is 0.955 bits per heavy atom. The fourth-order valence-corrected chi connectivity index (χ4v) is 2.56. The Balaban J connectivity index is 1.98. The summed E-state index contributed by atoms with van der Waals surface area (Å²) in [5.74, 6) is 0.324. The summed E-state index contributed by atoms with van der Waals surface area (Å²) < 4.78 is 0. The van der Waals surface area contributed by atoms with E-state index in [0.717, 1.165) is 5.56 Å². The van der Waals surface area contributed by atoms with Gasteiger partial charge in [-0.3, -0.25) is 9.78 Å². The smallest absolute Gasteiger partial charge is 0.252 e. The van der Waals surface area contributed by atoms with Crippen molar-refractivity contribution in [2.45, 2.75) is 0 Å². The molecule has 22 heavy (non-hydrogen) atoms. The highest BCUT2D eigenvalue weighted by atomic mass is 35.5. The molecule has 0 spiro atoms. The van der Waals surface area contributed by atoms with Crippen molar-refractivity contribution in [1.29, 1.82) is 0 Å². The molecule has 1 heterocycles. The number of aromatic nitrogens is 2. The largest absolute Gasteiger partial charge is 0.326 e. The van der Waals surface area contributed by atoms with Crippen molar-refractivity contribution in [2.24, 2.45) is 0 Å². The molecule has 0 unspecified atom stereocenters. The van der Waals surface area contributed by atoms with E-state index in [1.165, 1.54) is 6.07 Å². The summed E-state index contributed by atoms with van der Waals surface area (Å²) in [7, 11) is 0. The number of nitrogens with zero attached hydrogens (tertiary/aromatic N) is 1. The van der Waals surface area contributed by atoms with Crippen molar-refractivity contribution in [3.63, 3.8) is 0 Å². The van der Waals surface area contributed by atoms with Crippen molar-refractivity contribution in [3.05, 3.63) is 75.0 Å². The van der Waals surface area contributed by atoms with Crippen LogP contribution in [0, 0.1) is 0 Å². The molecule has 4 nitrogen and oxygen atoms in total. The normalized spacial score (nSPS) is 10.5. The highest BCUT2D eigenvalue weighted by Crippen LogP contribution is 2.24. The van der Waals surface area contributed by atoms with Gasteiger partial charge in [0.15, 0.2) is 0 Å². The molecule has 0 aliphatic rings.